The average Bonchev–Trinajstić information content (AvgIpc) is 2.46. The summed E-state index contributed by atoms with van der Waals surface area (Å²) in [4.78, 5) is 18.1. The smallest absolute Gasteiger partial charge is 0.435 e. The minimum Gasteiger partial charge on any atom is -0.444 e. The van der Waals surface area contributed by atoms with Gasteiger partial charge in [0.2, 0.25) is 0 Å². The number of benzene rings is 1. The topological polar surface area (TPSA) is 64.1 Å². The summed E-state index contributed by atoms with van der Waals surface area (Å²) in [6.07, 6.45) is -4.09. The number of nitrogens with zero attached hydrogens (tertiary/aromatic N) is 2. The van der Waals surface area contributed by atoms with E-state index in [4.69, 9.17) is 4.74 Å². The van der Waals surface area contributed by atoms with Crippen molar-refractivity contribution in [1.82, 2.24) is 9.97 Å². The predicted molar refractivity (Wildman–Crippen MR) is 67.3 cm³/mol. The van der Waals surface area contributed by atoms with E-state index in [0.29, 0.717) is 5.56 Å². The van der Waals surface area contributed by atoms with Crippen molar-refractivity contribution in [3.63, 3.8) is 0 Å². The summed E-state index contributed by atoms with van der Waals surface area (Å²) < 4.78 is 42.8. The third kappa shape index (κ3) is 4.16. The van der Waals surface area contributed by atoms with E-state index in [-0.39, 0.29) is 6.61 Å². The summed E-state index contributed by atoms with van der Waals surface area (Å²) in [5.74, 6) is 0. The van der Waals surface area contributed by atoms with Gasteiger partial charge in [0.25, 0.3) is 0 Å². The average molecular weight is 297 g/mol. The minimum atomic E-state index is -4.69. The number of nitrogens with one attached hydrogen (secondary N) is 1. The van der Waals surface area contributed by atoms with Crippen LogP contribution in [0.15, 0.2) is 42.9 Å². The maximum absolute atomic E-state index is 12.7. The fourth-order valence-corrected chi connectivity index (χ4v) is 1.52. The lowest BCUT2D eigenvalue weighted by atomic mass is 10.2. The molecule has 0 atom stereocenters. The molecule has 21 heavy (non-hydrogen) atoms. The van der Waals surface area contributed by atoms with Crippen molar-refractivity contribution in [2.45, 2.75) is 12.8 Å². The Labute approximate surface area is 117 Å². The van der Waals surface area contributed by atoms with Crippen LogP contribution in [0.1, 0.15) is 11.3 Å². The van der Waals surface area contributed by atoms with Crippen LogP contribution >= 0.6 is 0 Å². The molecule has 8 heteroatoms. The van der Waals surface area contributed by atoms with Gasteiger partial charge in [-0.1, -0.05) is 30.3 Å². The maximum atomic E-state index is 12.7. The van der Waals surface area contributed by atoms with Crippen LogP contribution in [0.25, 0.3) is 0 Å². The first kappa shape index (κ1) is 14.8. The summed E-state index contributed by atoms with van der Waals surface area (Å²) in [5, 5.41) is 1.98. The van der Waals surface area contributed by atoms with Gasteiger partial charge in [-0.05, 0) is 5.56 Å². The van der Waals surface area contributed by atoms with Gasteiger partial charge in [-0.3, -0.25) is 5.32 Å². The van der Waals surface area contributed by atoms with Crippen LogP contribution in [0.2, 0.25) is 0 Å². The summed E-state index contributed by atoms with van der Waals surface area (Å²) in [5.41, 5.74) is -1.06. The van der Waals surface area contributed by atoms with E-state index in [1.54, 1.807) is 30.3 Å². The number of anilines is 1. The van der Waals surface area contributed by atoms with E-state index in [2.05, 4.69) is 9.97 Å². The lowest BCUT2D eigenvalue weighted by molar-refractivity contribution is -0.140. The largest absolute Gasteiger partial charge is 0.444 e. The summed E-state index contributed by atoms with van der Waals surface area (Å²) in [7, 11) is 0. The monoisotopic (exact) mass is 297 g/mol. The fraction of sp³-hybridized carbons (Fsp3) is 0.154. The molecule has 0 bridgehead atoms. The van der Waals surface area contributed by atoms with Crippen LogP contribution in [0.4, 0.5) is 23.7 Å². The van der Waals surface area contributed by atoms with Crippen molar-refractivity contribution < 1.29 is 22.7 Å². The highest BCUT2D eigenvalue weighted by Crippen LogP contribution is 2.32. The number of hydrogen-bond acceptors (Lipinski definition) is 4. The fourth-order valence-electron chi connectivity index (χ4n) is 1.52. The number of carbonyl (C=O) groups excluding carboxylic acids is 1. The SMILES string of the molecule is O=C(Nc1cncnc1C(F)(F)F)OCc1ccccc1. The lowest BCUT2D eigenvalue weighted by Gasteiger charge is -2.11. The molecule has 0 aliphatic carbocycles. The Hall–Kier alpha value is -2.64. The van der Waals surface area contributed by atoms with E-state index in [1.165, 1.54) is 0 Å². The predicted octanol–water partition coefficient (Wildman–Crippen LogP) is 3.24. The molecular formula is C13H10F3N3O2. The Morgan fingerprint density at radius 2 is 1.95 bits per heavy atom. The van der Waals surface area contributed by atoms with Gasteiger partial charge in [-0.25, -0.2) is 14.8 Å². The number of alkyl halides is 3. The molecule has 110 valence electrons. The highest BCUT2D eigenvalue weighted by atomic mass is 19.4. The Morgan fingerprint density at radius 3 is 2.62 bits per heavy atom. The first-order valence-corrected chi connectivity index (χ1v) is 5.81. The van der Waals surface area contributed by atoms with E-state index in [9.17, 15) is 18.0 Å². The van der Waals surface area contributed by atoms with E-state index in [0.717, 1.165) is 12.5 Å². The Balaban J connectivity index is 2.00. The number of ether oxygens (including phenoxy) is 1. The molecule has 0 saturated heterocycles. The van der Waals surface area contributed by atoms with Crippen molar-refractivity contribution in [2.75, 3.05) is 5.32 Å². The molecule has 2 rings (SSSR count). The molecule has 1 aromatic carbocycles. The quantitative estimate of drug-likeness (QED) is 0.944. The molecule has 0 fully saturated rings. The zero-order valence-corrected chi connectivity index (χ0v) is 10.6. The van der Waals surface area contributed by atoms with Gasteiger partial charge in [-0.2, -0.15) is 13.2 Å². The second-order valence-corrected chi connectivity index (χ2v) is 3.97. The van der Waals surface area contributed by atoms with E-state index < -0.39 is 23.7 Å². The molecule has 1 aromatic heterocycles. The standard InChI is InChI=1S/C13H10F3N3O2/c14-13(15,16)11-10(6-17-8-18-11)19-12(20)21-7-9-4-2-1-3-5-9/h1-6,8H,7H2,(H,19,20). The highest BCUT2D eigenvalue weighted by Gasteiger charge is 2.36. The summed E-state index contributed by atoms with van der Waals surface area (Å²) >= 11 is 0. The molecule has 1 heterocycles. The molecule has 0 saturated carbocycles. The second-order valence-electron chi connectivity index (χ2n) is 3.97. The number of hydrogen-bond donors (Lipinski definition) is 1. The molecule has 1 amide bonds. The van der Waals surface area contributed by atoms with Gasteiger partial charge in [0.15, 0.2) is 5.69 Å². The number of halogens is 3. The van der Waals surface area contributed by atoms with Crippen LogP contribution in [-0.2, 0) is 17.5 Å². The third-order valence-electron chi connectivity index (χ3n) is 2.43. The molecular weight excluding hydrogens is 287 g/mol. The van der Waals surface area contributed by atoms with Crippen molar-refractivity contribution >= 4 is 11.8 Å². The van der Waals surface area contributed by atoms with Gasteiger partial charge in [0.1, 0.15) is 12.9 Å². The third-order valence-corrected chi connectivity index (χ3v) is 2.43. The number of aromatic nitrogens is 2. The van der Waals surface area contributed by atoms with E-state index >= 15 is 0 Å². The molecule has 0 aliphatic rings. The van der Waals surface area contributed by atoms with Crippen molar-refractivity contribution in [1.29, 1.82) is 0 Å². The minimum absolute atomic E-state index is 0.0539. The van der Waals surface area contributed by atoms with Gasteiger partial charge in [-0.15, -0.1) is 0 Å². The van der Waals surface area contributed by atoms with Gasteiger partial charge in [0, 0.05) is 0 Å². The van der Waals surface area contributed by atoms with Crippen LogP contribution in [0.5, 0.6) is 0 Å². The maximum Gasteiger partial charge on any atom is 0.435 e. The molecule has 0 spiro atoms. The lowest BCUT2D eigenvalue weighted by Crippen LogP contribution is -2.19. The van der Waals surface area contributed by atoms with Crippen molar-refractivity contribution in [2.24, 2.45) is 0 Å². The molecule has 0 unspecified atom stereocenters. The zero-order valence-electron chi connectivity index (χ0n) is 10.6. The van der Waals surface area contributed by atoms with Gasteiger partial charge in [0.05, 0.1) is 11.9 Å². The molecule has 0 radical (unpaired) electrons. The summed E-state index contributed by atoms with van der Waals surface area (Å²) in [6, 6.07) is 8.74. The highest BCUT2D eigenvalue weighted by molar-refractivity contribution is 5.85. The van der Waals surface area contributed by atoms with Crippen molar-refractivity contribution in [3.05, 3.63) is 54.1 Å². The second kappa shape index (κ2) is 6.21. The van der Waals surface area contributed by atoms with Crippen LogP contribution in [-0.4, -0.2) is 16.1 Å². The summed E-state index contributed by atoms with van der Waals surface area (Å²) in [6.45, 7) is -0.0539. The van der Waals surface area contributed by atoms with Crippen LogP contribution in [0.3, 0.4) is 0 Å². The first-order valence-electron chi connectivity index (χ1n) is 5.81. The Bertz CT molecular complexity index is 618. The molecule has 5 nitrogen and oxygen atoms in total. The first-order chi connectivity index (χ1) is 9.97. The van der Waals surface area contributed by atoms with Gasteiger partial charge >= 0.3 is 12.3 Å². The molecule has 0 aliphatic heterocycles. The van der Waals surface area contributed by atoms with E-state index in [1.807, 2.05) is 5.32 Å². The number of carbonyl (C=O) groups is 1. The molecule has 1 N–H and O–H groups in total. The normalized spacial score (nSPS) is 11.0. The zero-order chi connectivity index (χ0) is 15.3. The van der Waals surface area contributed by atoms with Crippen LogP contribution in [0, 0.1) is 0 Å². The van der Waals surface area contributed by atoms with Crippen LogP contribution < -0.4 is 5.32 Å². The Morgan fingerprint density at radius 1 is 1.24 bits per heavy atom. The van der Waals surface area contributed by atoms with Gasteiger partial charge < -0.3 is 4.74 Å². The number of rotatable bonds is 3. The van der Waals surface area contributed by atoms with Crippen molar-refractivity contribution in [3.8, 4) is 0 Å². The molecule has 2 aromatic rings. The Kier molecular flexibility index (Phi) is 4.36. The number of amides is 1.